The molecule has 0 aromatic rings. The van der Waals surface area contributed by atoms with E-state index in [4.69, 9.17) is 5.11 Å². The summed E-state index contributed by atoms with van der Waals surface area (Å²) in [5.74, 6) is -0.339. The first kappa shape index (κ1) is 18.2. The first-order valence-electron chi connectivity index (χ1n) is 7.70. The molecule has 1 aliphatic heterocycles. The molecule has 21 heavy (non-hydrogen) atoms. The van der Waals surface area contributed by atoms with Gasteiger partial charge in [-0.1, -0.05) is 19.8 Å². The van der Waals surface area contributed by atoms with Crippen molar-refractivity contribution in [1.82, 2.24) is 9.80 Å². The largest absolute Gasteiger partial charge is 0.481 e. The number of halogens is 1. The molecule has 0 spiro atoms. The van der Waals surface area contributed by atoms with Crippen molar-refractivity contribution in [2.45, 2.75) is 45.1 Å². The van der Waals surface area contributed by atoms with Crippen molar-refractivity contribution in [1.29, 1.82) is 0 Å². The van der Waals surface area contributed by atoms with Crippen molar-refractivity contribution >= 4 is 24.3 Å². The minimum absolute atomic E-state index is 0. The lowest BCUT2D eigenvalue weighted by Gasteiger charge is -2.37. The monoisotopic (exact) mass is 318 g/mol. The molecule has 5 nitrogen and oxygen atoms in total. The number of rotatable bonds is 4. The molecule has 2 rings (SSSR count). The van der Waals surface area contributed by atoms with Crippen LogP contribution in [0.4, 0.5) is 0 Å². The number of amides is 1. The Kier molecular flexibility index (Phi) is 6.94. The number of likely N-dealkylation sites (N-methyl/N-ethyl adjacent to an activating group) is 1. The Morgan fingerprint density at radius 2 is 1.90 bits per heavy atom. The van der Waals surface area contributed by atoms with Crippen LogP contribution in [0.2, 0.25) is 0 Å². The van der Waals surface area contributed by atoms with Gasteiger partial charge < -0.3 is 10.0 Å². The quantitative estimate of drug-likeness (QED) is 0.859. The molecule has 2 aliphatic rings. The van der Waals surface area contributed by atoms with Gasteiger partial charge in [-0.15, -0.1) is 12.4 Å². The molecular weight excluding hydrogens is 292 g/mol. The lowest BCUT2D eigenvalue weighted by molar-refractivity contribution is -0.141. The maximum atomic E-state index is 12.4. The molecule has 1 saturated carbocycles. The summed E-state index contributed by atoms with van der Waals surface area (Å²) in [5, 5.41) is 8.99. The van der Waals surface area contributed by atoms with Gasteiger partial charge in [0.1, 0.15) is 0 Å². The van der Waals surface area contributed by atoms with Gasteiger partial charge in [-0.05, 0) is 31.7 Å². The van der Waals surface area contributed by atoms with Gasteiger partial charge in [-0.2, -0.15) is 0 Å². The van der Waals surface area contributed by atoms with E-state index in [0.717, 1.165) is 13.0 Å². The van der Waals surface area contributed by atoms with Crippen LogP contribution in [0.5, 0.6) is 0 Å². The number of carboxylic acid groups (broad SMARTS) is 1. The highest BCUT2D eigenvalue weighted by molar-refractivity contribution is 5.85. The molecule has 3 atom stereocenters. The van der Waals surface area contributed by atoms with E-state index >= 15 is 0 Å². The second-order valence-corrected chi connectivity index (χ2v) is 6.39. The van der Waals surface area contributed by atoms with Crippen molar-refractivity contribution in [3.05, 3.63) is 0 Å². The summed E-state index contributed by atoms with van der Waals surface area (Å²) in [6.45, 7) is 3.82. The van der Waals surface area contributed by atoms with Gasteiger partial charge in [0, 0.05) is 19.6 Å². The summed E-state index contributed by atoms with van der Waals surface area (Å²) in [4.78, 5) is 27.2. The van der Waals surface area contributed by atoms with Gasteiger partial charge in [0.15, 0.2) is 0 Å². The van der Waals surface area contributed by atoms with Crippen molar-refractivity contribution in [2.75, 3.05) is 26.7 Å². The fraction of sp³-hybridized carbons (Fsp3) is 0.867. The molecule has 1 aliphatic carbocycles. The summed E-state index contributed by atoms with van der Waals surface area (Å²) in [6, 6.07) is 0.356. The highest BCUT2D eigenvalue weighted by Gasteiger charge is 2.32. The lowest BCUT2D eigenvalue weighted by Crippen LogP contribution is -2.46. The Morgan fingerprint density at radius 3 is 2.48 bits per heavy atom. The Morgan fingerprint density at radius 1 is 1.24 bits per heavy atom. The summed E-state index contributed by atoms with van der Waals surface area (Å²) in [7, 11) is 1.90. The second-order valence-electron chi connectivity index (χ2n) is 6.39. The van der Waals surface area contributed by atoms with Crippen LogP contribution in [-0.4, -0.2) is 59.5 Å². The maximum absolute atomic E-state index is 12.4. The third-order valence-electron chi connectivity index (χ3n) is 4.94. The average molecular weight is 319 g/mol. The van der Waals surface area contributed by atoms with Crippen LogP contribution in [0, 0.1) is 11.8 Å². The molecule has 0 aromatic heterocycles. The zero-order valence-electron chi connectivity index (χ0n) is 13.0. The van der Waals surface area contributed by atoms with Gasteiger partial charge in [0.25, 0.3) is 0 Å². The smallest absolute Gasteiger partial charge is 0.307 e. The molecule has 122 valence electrons. The van der Waals surface area contributed by atoms with E-state index in [0.29, 0.717) is 31.5 Å². The molecule has 3 unspecified atom stereocenters. The fourth-order valence-electron chi connectivity index (χ4n) is 3.54. The van der Waals surface area contributed by atoms with Crippen LogP contribution in [0.1, 0.15) is 39.0 Å². The molecule has 0 aromatic carbocycles. The van der Waals surface area contributed by atoms with Crippen LogP contribution in [0.3, 0.4) is 0 Å². The Bertz CT molecular complexity index is 378. The summed E-state index contributed by atoms with van der Waals surface area (Å²) in [5.41, 5.74) is 0. The third-order valence-corrected chi connectivity index (χ3v) is 4.94. The summed E-state index contributed by atoms with van der Waals surface area (Å²) in [6.07, 6.45) is 5.43. The van der Waals surface area contributed by atoms with Crippen LogP contribution in [0.15, 0.2) is 0 Å². The molecular formula is C15H27ClN2O3. The topological polar surface area (TPSA) is 60.9 Å². The lowest BCUT2D eigenvalue weighted by atomic mass is 9.85. The van der Waals surface area contributed by atoms with E-state index in [-0.39, 0.29) is 24.2 Å². The number of carboxylic acids is 1. The number of aliphatic carboxylic acids is 1. The van der Waals surface area contributed by atoms with Gasteiger partial charge >= 0.3 is 5.97 Å². The van der Waals surface area contributed by atoms with Crippen LogP contribution in [0.25, 0.3) is 0 Å². The maximum Gasteiger partial charge on any atom is 0.307 e. The minimum atomic E-state index is -0.741. The predicted octanol–water partition coefficient (Wildman–Crippen LogP) is 1.85. The Labute approximate surface area is 133 Å². The van der Waals surface area contributed by atoms with Crippen LogP contribution >= 0.6 is 12.4 Å². The summed E-state index contributed by atoms with van der Waals surface area (Å²) >= 11 is 0. The van der Waals surface area contributed by atoms with E-state index in [1.807, 2.05) is 16.8 Å². The fourth-order valence-corrected chi connectivity index (χ4v) is 3.54. The number of carbonyl (C=O) groups excluding carboxylic acids is 1. The number of nitrogens with zero attached hydrogens (tertiary/aromatic N) is 2. The number of hydrogen-bond donors (Lipinski definition) is 1. The number of carbonyl (C=O) groups is 2. The van der Waals surface area contributed by atoms with Crippen molar-refractivity contribution < 1.29 is 14.7 Å². The highest BCUT2D eigenvalue weighted by atomic mass is 35.5. The molecule has 0 bridgehead atoms. The molecule has 2 fully saturated rings. The van der Waals surface area contributed by atoms with E-state index in [1.54, 1.807) is 0 Å². The van der Waals surface area contributed by atoms with Crippen molar-refractivity contribution in [3.8, 4) is 0 Å². The number of hydrogen-bond acceptors (Lipinski definition) is 3. The van der Waals surface area contributed by atoms with E-state index in [2.05, 4.69) is 6.92 Å². The number of likely N-dealkylation sites (tertiary alicyclic amines) is 1. The highest BCUT2D eigenvalue weighted by Crippen LogP contribution is 2.27. The zero-order valence-corrected chi connectivity index (χ0v) is 13.8. The normalized spacial score (nSPS) is 29.7. The van der Waals surface area contributed by atoms with Gasteiger partial charge in [0.05, 0.1) is 12.5 Å². The minimum Gasteiger partial charge on any atom is -0.481 e. The van der Waals surface area contributed by atoms with Gasteiger partial charge in [-0.25, -0.2) is 0 Å². The molecule has 1 amide bonds. The van der Waals surface area contributed by atoms with E-state index in [1.165, 1.54) is 19.3 Å². The van der Waals surface area contributed by atoms with E-state index < -0.39 is 5.97 Å². The standard InChI is InChI=1S/C15H26N2O3.ClH/c1-11-5-3-4-6-13(11)16(2)14(18)10-17-8-7-12(9-17)15(19)20;/h11-13H,3-10H2,1-2H3,(H,19,20);1H. The van der Waals surface area contributed by atoms with Crippen LogP contribution < -0.4 is 0 Å². The molecule has 0 radical (unpaired) electrons. The second kappa shape index (κ2) is 7.99. The molecule has 1 N–H and O–H groups in total. The SMILES string of the molecule is CC1CCCCC1N(C)C(=O)CN1CCC(C(=O)O)C1.Cl. The van der Waals surface area contributed by atoms with Crippen LogP contribution in [-0.2, 0) is 9.59 Å². The average Bonchev–Trinajstić information content (AvgIpc) is 2.87. The third kappa shape index (κ3) is 4.58. The predicted molar refractivity (Wildman–Crippen MR) is 83.6 cm³/mol. The summed E-state index contributed by atoms with van der Waals surface area (Å²) < 4.78 is 0. The Balaban J connectivity index is 0.00000220. The van der Waals surface area contributed by atoms with Gasteiger partial charge in [-0.3, -0.25) is 14.5 Å². The Hall–Kier alpha value is -0.810. The first-order chi connectivity index (χ1) is 9.49. The van der Waals surface area contributed by atoms with Crippen molar-refractivity contribution in [2.24, 2.45) is 11.8 Å². The first-order valence-corrected chi connectivity index (χ1v) is 7.70. The van der Waals surface area contributed by atoms with E-state index in [9.17, 15) is 9.59 Å². The zero-order chi connectivity index (χ0) is 14.7. The molecule has 1 heterocycles. The van der Waals surface area contributed by atoms with Crippen molar-refractivity contribution in [3.63, 3.8) is 0 Å². The molecule has 1 saturated heterocycles. The van der Waals surface area contributed by atoms with Gasteiger partial charge in [0.2, 0.25) is 5.91 Å². The molecule has 6 heteroatoms.